The third-order valence-electron chi connectivity index (χ3n) is 5.58. The molecule has 118 valence electrons. The maximum Gasteiger partial charge on any atom is 0.232 e. The number of benzene rings is 1. The summed E-state index contributed by atoms with van der Waals surface area (Å²) in [6, 6.07) is 6.67. The van der Waals surface area contributed by atoms with Crippen LogP contribution in [0.5, 0.6) is 0 Å². The van der Waals surface area contributed by atoms with E-state index in [0.717, 1.165) is 45.7 Å². The molecule has 1 amide bonds. The van der Waals surface area contributed by atoms with Crippen LogP contribution in [-0.4, -0.2) is 49.8 Å². The van der Waals surface area contributed by atoms with E-state index in [1.165, 1.54) is 16.0 Å². The lowest BCUT2D eigenvalue weighted by Crippen LogP contribution is -2.50. The number of nitrogens with one attached hydrogen (secondary N) is 2. The van der Waals surface area contributed by atoms with Gasteiger partial charge in [0.2, 0.25) is 5.91 Å². The van der Waals surface area contributed by atoms with E-state index in [0.29, 0.717) is 11.8 Å². The molecule has 1 aromatic rings. The third-order valence-corrected chi connectivity index (χ3v) is 6.31. The molecule has 0 aromatic heterocycles. The topological polar surface area (TPSA) is 44.4 Å². The van der Waals surface area contributed by atoms with E-state index in [4.69, 9.17) is 0 Å². The summed E-state index contributed by atoms with van der Waals surface area (Å²) in [5, 5.41) is 6.86. The quantitative estimate of drug-likeness (QED) is 0.802. The van der Waals surface area contributed by atoms with Crippen molar-refractivity contribution in [1.29, 1.82) is 0 Å². The predicted molar refractivity (Wildman–Crippen MR) is 89.0 cm³/mol. The summed E-state index contributed by atoms with van der Waals surface area (Å²) < 4.78 is 0. The Morgan fingerprint density at radius 2 is 2.05 bits per heavy atom. The molecule has 2 saturated heterocycles. The lowest BCUT2D eigenvalue weighted by molar-refractivity contribution is -0.142. The van der Waals surface area contributed by atoms with Crippen molar-refractivity contribution in [3.05, 3.63) is 29.3 Å². The number of thioether (sulfide) groups is 1. The van der Waals surface area contributed by atoms with Crippen molar-refractivity contribution >= 4 is 17.7 Å². The molecular formula is C17H23N3OS. The van der Waals surface area contributed by atoms with Gasteiger partial charge in [0.25, 0.3) is 0 Å². The van der Waals surface area contributed by atoms with Gasteiger partial charge in [-0.1, -0.05) is 6.07 Å². The molecule has 2 fully saturated rings. The van der Waals surface area contributed by atoms with E-state index < -0.39 is 0 Å². The number of hydrogen-bond donors (Lipinski definition) is 2. The van der Waals surface area contributed by atoms with Gasteiger partial charge in [-0.25, -0.2) is 0 Å². The molecule has 0 radical (unpaired) electrons. The van der Waals surface area contributed by atoms with Crippen LogP contribution >= 0.6 is 11.8 Å². The van der Waals surface area contributed by atoms with Gasteiger partial charge in [0.1, 0.15) is 0 Å². The SMILES string of the molecule is CSc1ccc2c(c1)CCN(C(=O)C13CNCC1CNC3)C2. The molecule has 5 heteroatoms. The smallest absolute Gasteiger partial charge is 0.232 e. The average Bonchev–Trinajstić information content (AvgIpc) is 3.13. The highest BCUT2D eigenvalue weighted by Crippen LogP contribution is 2.38. The Bertz CT molecular complexity index is 594. The lowest BCUT2D eigenvalue weighted by Gasteiger charge is -2.36. The minimum Gasteiger partial charge on any atom is -0.337 e. The van der Waals surface area contributed by atoms with Crippen molar-refractivity contribution in [3.8, 4) is 0 Å². The molecule has 3 aliphatic rings. The predicted octanol–water partition coefficient (Wildman–Crippen LogP) is 1.10. The average molecular weight is 317 g/mol. The van der Waals surface area contributed by atoms with Crippen molar-refractivity contribution in [2.45, 2.75) is 17.9 Å². The second kappa shape index (κ2) is 5.55. The van der Waals surface area contributed by atoms with Crippen LogP contribution in [0.2, 0.25) is 0 Å². The highest BCUT2D eigenvalue weighted by Gasteiger charge is 2.53. The number of carbonyl (C=O) groups is 1. The standard InChI is InChI=1S/C17H23N3OS/c1-22-15-3-2-13-9-20(5-4-12(13)6-15)16(21)17-10-18-7-14(17)8-19-11-17/h2-3,6,14,18-19H,4-5,7-11H2,1H3. The van der Waals surface area contributed by atoms with Crippen molar-refractivity contribution in [3.63, 3.8) is 0 Å². The van der Waals surface area contributed by atoms with Gasteiger partial charge < -0.3 is 15.5 Å². The van der Waals surface area contributed by atoms with Crippen LogP contribution in [0.15, 0.2) is 23.1 Å². The Labute approximate surface area is 136 Å². The van der Waals surface area contributed by atoms with Crippen molar-refractivity contribution in [2.24, 2.45) is 11.3 Å². The first kappa shape index (κ1) is 14.5. The van der Waals surface area contributed by atoms with Gasteiger partial charge in [-0.05, 0) is 35.9 Å². The lowest BCUT2D eigenvalue weighted by atomic mass is 9.79. The second-order valence-corrected chi connectivity index (χ2v) is 7.61. The van der Waals surface area contributed by atoms with Crippen LogP contribution in [0.25, 0.3) is 0 Å². The molecule has 0 unspecified atom stereocenters. The van der Waals surface area contributed by atoms with E-state index in [-0.39, 0.29) is 5.41 Å². The first-order valence-electron chi connectivity index (χ1n) is 8.09. The van der Waals surface area contributed by atoms with E-state index in [1.54, 1.807) is 11.8 Å². The molecular weight excluding hydrogens is 294 g/mol. The van der Waals surface area contributed by atoms with Crippen LogP contribution < -0.4 is 10.6 Å². The molecule has 22 heavy (non-hydrogen) atoms. The van der Waals surface area contributed by atoms with Crippen molar-refractivity contribution < 1.29 is 4.79 Å². The largest absolute Gasteiger partial charge is 0.337 e. The Kier molecular flexibility index (Phi) is 3.67. The first-order chi connectivity index (χ1) is 10.7. The van der Waals surface area contributed by atoms with Gasteiger partial charge in [-0.3, -0.25) is 4.79 Å². The molecule has 0 aliphatic carbocycles. The summed E-state index contributed by atoms with van der Waals surface area (Å²) in [7, 11) is 0. The Hall–Kier alpha value is -1.04. The number of rotatable bonds is 2. The first-order valence-corrected chi connectivity index (χ1v) is 9.32. The fourth-order valence-corrected chi connectivity index (χ4v) is 4.69. The van der Waals surface area contributed by atoms with Crippen molar-refractivity contribution in [1.82, 2.24) is 15.5 Å². The summed E-state index contributed by atoms with van der Waals surface area (Å²) in [6.45, 7) is 5.24. The number of amides is 1. The maximum absolute atomic E-state index is 13.2. The number of fused-ring (bicyclic) bond motifs is 2. The molecule has 0 spiro atoms. The van der Waals surface area contributed by atoms with Gasteiger partial charge in [-0.15, -0.1) is 11.8 Å². The maximum atomic E-state index is 13.2. The van der Waals surface area contributed by atoms with Crippen LogP contribution in [0.4, 0.5) is 0 Å². The highest BCUT2D eigenvalue weighted by molar-refractivity contribution is 7.98. The summed E-state index contributed by atoms with van der Waals surface area (Å²) in [4.78, 5) is 16.6. The van der Waals surface area contributed by atoms with Gasteiger partial charge in [0, 0.05) is 50.1 Å². The molecule has 4 nitrogen and oxygen atoms in total. The summed E-state index contributed by atoms with van der Waals surface area (Å²) in [5.74, 6) is 0.812. The molecule has 0 saturated carbocycles. The fraction of sp³-hybridized carbons (Fsp3) is 0.588. The van der Waals surface area contributed by atoms with Gasteiger partial charge in [0.15, 0.2) is 0 Å². The molecule has 4 rings (SSSR count). The molecule has 1 aromatic carbocycles. The van der Waals surface area contributed by atoms with Crippen LogP contribution in [0, 0.1) is 11.3 Å². The number of nitrogens with zero attached hydrogens (tertiary/aromatic N) is 1. The zero-order valence-electron chi connectivity index (χ0n) is 13.0. The van der Waals surface area contributed by atoms with Gasteiger partial charge >= 0.3 is 0 Å². The Morgan fingerprint density at radius 3 is 2.77 bits per heavy atom. The number of hydrogen-bond acceptors (Lipinski definition) is 4. The van der Waals surface area contributed by atoms with E-state index in [2.05, 4.69) is 40.0 Å². The monoisotopic (exact) mass is 317 g/mol. The van der Waals surface area contributed by atoms with Gasteiger partial charge in [-0.2, -0.15) is 0 Å². The number of carbonyl (C=O) groups excluding carboxylic acids is 1. The van der Waals surface area contributed by atoms with E-state index >= 15 is 0 Å². The zero-order valence-corrected chi connectivity index (χ0v) is 13.8. The molecule has 0 atom stereocenters. The molecule has 3 heterocycles. The highest BCUT2D eigenvalue weighted by atomic mass is 32.2. The third kappa shape index (κ3) is 2.18. The second-order valence-electron chi connectivity index (χ2n) is 6.73. The molecule has 0 bridgehead atoms. The van der Waals surface area contributed by atoms with Crippen LogP contribution in [-0.2, 0) is 17.8 Å². The van der Waals surface area contributed by atoms with E-state index in [9.17, 15) is 4.79 Å². The molecule has 3 aliphatic heterocycles. The molecule has 2 N–H and O–H groups in total. The van der Waals surface area contributed by atoms with Crippen molar-refractivity contribution in [2.75, 3.05) is 39.0 Å². The normalized spacial score (nSPS) is 30.2. The summed E-state index contributed by atoms with van der Waals surface area (Å²) >= 11 is 1.78. The summed E-state index contributed by atoms with van der Waals surface area (Å²) in [5.41, 5.74) is 2.54. The fourth-order valence-electron chi connectivity index (χ4n) is 4.22. The minimum absolute atomic E-state index is 0.198. The summed E-state index contributed by atoms with van der Waals surface area (Å²) in [6.07, 6.45) is 3.09. The Balaban J connectivity index is 1.56. The Morgan fingerprint density at radius 1 is 1.27 bits per heavy atom. The zero-order chi connectivity index (χ0) is 15.2. The van der Waals surface area contributed by atoms with Crippen LogP contribution in [0.3, 0.4) is 0 Å². The van der Waals surface area contributed by atoms with E-state index in [1.807, 2.05) is 0 Å². The van der Waals surface area contributed by atoms with Crippen LogP contribution in [0.1, 0.15) is 11.1 Å². The minimum atomic E-state index is -0.198. The van der Waals surface area contributed by atoms with Gasteiger partial charge in [0.05, 0.1) is 5.41 Å².